The highest BCUT2D eigenvalue weighted by atomic mass is 16.5. The quantitative estimate of drug-likeness (QED) is 0.840. The van der Waals surface area contributed by atoms with Crippen molar-refractivity contribution in [3.8, 4) is 0 Å². The van der Waals surface area contributed by atoms with E-state index in [0.717, 1.165) is 12.0 Å². The average molecular weight is 330 g/mol. The molecule has 3 unspecified atom stereocenters. The number of nitrogens with two attached hydrogens (primary N) is 1. The summed E-state index contributed by atoms with van der Waals surface area (Å²) in [4.78, 5) is 24.6. The molecule has 1 heterocycles. The van der Waals surface area contributed by atoms with E-state index in [1.54, 1.807) is 6.08 Å². The van der Waals surface area contributed by atoms with Gasteiger partial charge in [0.2, 0.25) is 5.91 Å². The molecule has 0 radical (unpaired) electrons. The van der Waals surface area contributed by atoms with E-state index in [1.807, 2.05) is 51.1 Å². The van der Waals surface area contributed by atoms with Crippen LogP contribution in [-0.4, -0.2) is 25.0 Å². The van der Waals surface area contributed by atoms with Gasteiger partial charge < -0.3 is 15.8 Å². The largest absolute Gasteiger partial charge is 0.483 e. The summed E-state index contributed by atoms with van der Waals surface area (Å²) in [7, 11) is 1.54. The molecule has 2 amide bonds. The minimum Gasteiger partial charge on any atom is -0.483 e. The first kappa shape index (κ1) is 18.0. The first-order chi connectivity index (χ1) is 11.4. The van der Waals surface area contributed by atoms with Crippen molar-refractivity contribution < 1.29 is 14.3 Å². The Kier molecular flexibility index (Phi) is 5.32. The first-order valence-corrected chi connectivity index (χ1v) is 8.34. The van der Waals surface area contributed by atoms with Crippen LogP contribution in [0.3, 0.4) is 0 Å². The highest BCUT2D eigenvalue weighted by Crippen LogP contribution is 2.48. The number of nitrogens with one attached hydrogen (secondary N) is 1. The second-order valence-corrected chi connectivity index (χ2v) is 6.43. The van der Waals surface area contributed by atoms with Gasteiger partial charge in [0.1, 0.15) is 11.5 Å². The van der Waals surface area contributed by atoms with Crippen LogP contribution in [0, 0.1) is 11.3 Å². The van der Waals surface area contributed by atoms with Gasteiger partial charge in [0, 0.05) is 13.0 Å². The molecule has 1 aliphatic heterocycles. The fraction of sp³-hybridized carbons (Fsp3) is 0.474. The zero-order valence-electron chi connectivity index (χ0n) is 14.7. The van der Waals surface area contributed by atoms with Gasteiger partial charge >= 0.3 is 0 Å². The highest BCUT2D eigenvalue weighted by Gasteiger charge is 2.55. The Hall–Kier alpha value is -2.30. The number of ether oxygens (including phenoxy) is 1. The zero-order valence-corrected chi connectivity index (χ0v) is 14.7. The lowest BCUT2D eigenvalue weighted by Crippen LogP contribution is -2.49. The van der Waals surface area contributed by atoms with Crippen molar-refractivity contribution in [2.45, 2.75) is 39.2 Å². The van der Waals surface area contributed by atoms with Crippen LogP contribution < -0.4 is 11.1 Å². The Labute approximate surface area is 143 Å². The minimum atomic E-state index is -1.01. The van der Waals surface area contributed by atoms with Crippen molar-refractivity contribution in [2.75, 3.05) is 7.05 Å². The summed E-state index contributed by atoms with van der Waals surface area (Å²) in [5, 5.41) is 2.56. The molecule has 0 saturated carbocycles. The maximum absolute atomic E-state index is 12.5. The van der Waals surface area contributed by atoms with E-state index in [0.29, 0.717) is 0 Å². The lowest BCUT2D eigenvalue weighted by molar-refractivity contribution is -0.135. The first-order valence-electron chi connectivity index (χ1n) is 8.34. The van der Waals surface area contributed by atoms with Gasteiger partial charge in [-0.25, -0.2) is 0 Å². The number of amides is 2. The molecule has 0 aromatic heterocycles. The summed E-state index contributed by atoms with van der Waals surface area (Å²) < 4.78 is 5.98. The van der Waals surface area contributed by atoms with Crippen LogP contribution >= 0.6 is 0 Å². The number of benzene rings is 1. The lowest BCUT2D eigenvalue weighted by Gasteiger charge is -2.38. The molecular weight excluding hydrogens is 304 g/mol. The van der Waals surface area contributed by atoms with E-state index < -0.39 is 17.4 Å². The van der Waals surface area contributed by atoms with Crippen LogP contribution in [0.15, 0.2) is 42.2 Å². The van der Waals surface area contributed by atoms with Gasteiger partial charge in [-0.3, -0.25) is 9.59 Å². The number of carbonyl (C=O) groups excluding carboxylic acids is 2. The number of likely N-dealkylation sites (N-methyl/N-ethyl adjacent to an activating group) is 1. The van der Waals surface area contributed by atoms with Gasteiger partial charge in [-0.15, -0.1) is 0 Å². The van der Waals surface area contributed by atoms with Crippen LogP contribution in [0.5, 0.6) is 0 Å². The molecule has 1 aromatic rings. The lowest BCUT2D eigenvalue weighted by atomic mass is 9.66. The summed E-state index contributed by atoms with van der Waals surface area (Å²) in [5.74, 6) is -0.765. The standard InChI is InChI=1S/C19H26N2O3/c1-5-12(2)19(18(20)23)11-15(17(22)21-4)24-16(19)13(3)14-9-7-6-8-10-14/h6-13,16H,5H2,1-4H3,(H2,20,23)(H,21,22)/t12?,13-,16?,19?/m0/s1. The maximum Gasteiger partial charge on any atom is 0.285 e. The molecule has 1 aromatic carbocycles. The third-order valence-corrected chi connectivity index (χ3v) is 5.18. The second-order valence-electron chi connectivity index (χ2n) is 6.43. The monoisotopic (exact) mass is 330 g/mol. The molecule has 3 N–H and O–H groups in total. The third kappa shape index (κ3) is 2.90. The minimum absolute atomic E-state index is 0.0479. The second kappa shape index (κ2) is 7.07. The average Bonchev–Trinajstić information content (AvgIpc) is 3.02. The molecule has 24 heavy (non-hydrogen) atoms. The fourth-order valence-electron chi connectivity index (χ4n) is 3.47. The third-order valence-electron chi connectivity index (χ3n) is 5.18. The maximum atomic E-state index is 12.5. The Morgan fingerprint density at radius 1 is 1.29 bits per heavy atom. The van der Waals surface area contributed by atoms with Crippen molar-refractivity contribution in [3.05, 3.63) is 47.7 Å². The summed E-state index contributed by atoms with van der Waals surface area (Å²) in [6.07, 6.45) is 1.87. The van der Waals surface area contributed by atoms with Crippen molar-refractivity contribution in [1.29, 1.82) is 0 Å². The van der Waals surface area contributed by atoms with Gasteiger partial charge in [-0.2, -0.15) is 0 Å². The SMILES string of the molecule is CCC(C)C1(C(N)=O)C=C(C(=O)NC)OC1[C@@H](C)c1ccccc1. The predicted octanol–water partition coefficient (Wildman–Crippen LogP) is 2.34. The van der Waals surface area contributed by atoms with E-state index in [2.05, 4.69) is 5.32 Å². The van der Waals surface area contributed by atoms with Gasteiger partial charge in [-0.05, 0) is 17.6 Å². The summed E-state index contributed by atoms with van der Waals surface area (Å²) in [6, 6.07) is 9.82. The van der Waals surface area contributed by atoms with Crippen LogP contribution in [0.2, 0.25) is 0 Å². The Bertz CT molecular complexity index is 641. The molecule has 1 aliphatic rings. The number of hydrogen-bond acceptors (Lipinski definition) is 3. The summed E-state index contributed by atoms with van der Waals surface area (Å²) in [6.45, 7) is 5.98. The molecule has 5 nitrogen and oxygen atoms in total. The van der Waals surface area contributed by atoms with Crippen LogP contribution in [-0.2, 0) is 14.3 Å². The number of rotatable bonds is 6. The van der Waals surface area contributed by atoms with Crippen LogP contribution in [0.4, 0.5) is 0 Å². The number of carbonyl (C=O) groups is 2. The highest BCUT2D eigenvalue weighted by molar-refractivity contribution is 5.95. The van der Waals surface area contributed by atoms with E-state index in [-0.39, 0.29) is 23.5 Å². The molecule has 4 atom stereocenters. The van der Waals surface area contributed by atoms with Crippen molar-refractivity contribution in [3.63, 3.8) is 0 Å². The van der Waals surface area contributed by atoms with Crippen molar-refractivity contribution in [2.24, 2.45) is 17.1 Å². The van der Waals surface area contributed by atoms with Gasteiger partial charge in [-0.1, -0.05) is 57.5 Å². The van der Waals surface area contributed by atoms with E-state index >= 15 is 0 Å². The fourth-order valence-corrected chi connectivity index (χ4v) is 3.47. The summed E-state index contributed by atoms with van der Waals surface area (Å²) >= 11 is 0. The molecule has 0 bridgehead atoms. The number of hydrogen-bond donors (Lipinski definition) is 2. The van der Waals surface area contributed by atoms with Crippen LogP contribution in [0.25, 0.3) is 0 Å². The molecule has 5 heteroatoms. The molecule has 0 aliphatic carbocycles. The molecule has 0 saturated heterocycles. The van der Waals surface area contributed by atoms with E-state index in [4.69, 9.17) is 10.5 Å². The van der Waals surface area contributed by atoms with Crippen molar-refractivity contribution in [1.82, 2.24) is 5.32 Å². The van der Waals surface area contributed by atoms with Crippen LogP contribution in [0.1, 0.15) is 38.7 Å². The molecule has 2 rings (SSSR count). The van der Waals surface area contributed by atoms with E-state index in [1.165, 1.54) is 7.05 Å². The topological polar surface area (TPSA) is 81.4 Å². The molecule has 0 fully saturated rings. The Morgan fingerprint density at radius 2 is 1.92 bits per heavy atom. The predicted molar refractivity (Wildman–Crippen MR) is 93.0 cm³/mol. The van der Waals surface area contributed by atoms with Gasteiger partial charge in [0.25, 0.3) is 5.91 Å². The summed E-state index contributed by atoms with van der Waals surface area (Å²) in [5.41, 5.74) is 5.86. The normalized spacial score (nSPS) is 25.3. The van der Waals surface area contributed by atoms with Gasteiger partial charge in [0.05, 0.1) is 0 Å². The van der Waals surface area contributed by atoms with Gasteiger partial charge in [0.15, 0.2) is 5.76 Å². The van der Waals surface area contributed by atoms with Crippen molar-refractivity contribution >= 4 is 11.8 Å². The zero-order chi connectivity index (χ0) is 17.9. The molecule has 130 valence electrons. The smallest absolute Gasteiger partial charge is 0.285 e. The Morgan fingerprint density at radius 3 is 2.42 bits per heavy atom. The Balaban J connectivity index is 2.52. The molecule has 0 spiro atoms. The number of primary amides is 1. The van der Waals surface area contributed by atoms with E-state index in [9.17, 15) is 9.59 Å². The molecular formula is C19H26N2O3.